The number of rotatable bonds is 6. The van der Waals surface area contributed by atoms with Crippen LogP contribution in [-0.2, 0) is 10.9 Å². The molecular formula is C22H26F3N5O2. The molecule has 4 rings (SSSR count). The Kier molecular flexibility index (Phi) is 6.34. The molecule has 1 fully saturated rings. The third-order valence-corrected chi connectivity index (χ3v) is 5.81. The first-order valence-electron chi connectivity index (χ1n) is 10.6. The molecule has 3 aromatic rings. The number of fused-ring (bicyclic) bond motifs is 1. The molecule has 2 N–H and O–H groups in total. The molecule has 1 saturated carbocycles. The lowest BCUT2D eigenvalue weighted by Gasteiger charge is -2.25. The van der Waals surface area contributed by atoms with E-state index in [9.17, 15) is 18.3 Å². The zero-order chi connectivity index (χ0) is 22.9. The van der Waals surface area contributed by atoms with Gasteiger partial charge in [0, 0.05) is 36.5 Å². The third-order valence-electron chi connectivity index (χ3n) is 5.81. The summed E-state index contributed by atoms with van der Waals surface area (Å²) in [5.74, 6) is 0.551. The van der Waals surface area contributed by atoms with Crippen LogP contribution in [0, 0.1) is 0 Å². The lowest BCUT2D eigenvalue weighted by atomic mass is 9.85. The molecule has 172 valence electrons. The molecule has 1 atom stereocenters. The van der Waals surface area contributed by atoms with Gasteiger partial charge in [0.1, 0.15) is 5.69 Å². The highest BCUT2D eigenvalue weighted by Gasteiger charge is 2.33. The lowest BCUT2D eigenvalue weighted by Crippen LogP contribution is -2.23. The van der Waals surface area contributed by atoms with E-state index in [4.69, 9.17) is 4.74 Å². The molecule has 32 heavy (non-hydrogen) atoms. The molecule has 0 aliphatic heterocycles. The van der Waals surface area contributed by atoms with Gasteiger partial charge in [0.25, 0.3) is 0 Å². The summed E-state index contributed by atoms with van der Waals surface area (Å²) < 4.78 is 46.6. The fraction of sp³-hybridized carbons (Fsp3) is 0.500. The van der Waals surface area contributed by atoms with Crippen molar-refractivity contribution >= 4 is 11.5 Å². The van der Waals surface area contributed by atoms with Crippen LogP contribution in [0.25, 0.3) is 16.6 Å². The van der Waals surface area contributed by atoms with Crippen molar-refractivity contribution in [2.45, 2.75) is 56.8 Å². The molecule has 0 bridgehead atoms. The fourth-order valence-corrected chi connectivity index (χ4v) is 4.24. The highest BCUT2D eigenvalue weighted by atomic mass is 19.4. The van der Waals surface area contributed by atoms with E-state index in [1.54, 1.807) is 23.9 Å². The van der Waals surface area contributed by atoms with E-state index in [1.165, 1.54) is 6.20 Å². The Morgan fingerprint density at radius 2 is 1.97 bits per heavy atom. The molecule has 7 nitrogen and oxygen atoms in total. The summed E-state index contributed by atoms with van der Waals surface area (Å²) in [5.41, 5.74) is 1.61. The van der Waals surface area contributed by atoms with E-state index in [-0.39, 0.29) is 18.1 Å². The Bertz CT molecular complexity index is 1080. The Labute approximate surface area is 183 Å². The summed E-state index contributed by atoms with van der Waals surface area (Å²) in [7, 11) is 1.61. The number of hydrogen-bond acceptors (Lipinski definition) is 6. The normalized spacial score (nSPS) is 20.4. The van der Waals surface area contributed by atoms with Gasteiger partial charge >= 0.3 is 6.18 Å². The van der Waals surface area contributed by atoms with Crippen LogP contribution in [-0.4, -0.2) is 50.6 Å². The summed E-state index contributed by atoms with van der Waals surface area (Å²) in [6.07, 6.45) is 0.879. The Morgan fingerprint density at radius 3 is 2.66 bits per heavy atom. The smallest absolute Gasteiger partial charge is 0.393 e. The summed E-state index contributed by atoms with van der Waals surface area (Å²) in [6.45, 7) is 2.42. The third kappa shape index (κ3) is 4.71. The highest BCUT2D eigenvalue weighted by molar-refractivity contribution is 5.81. The van der Waals surface area contributed by atoms with Gasteiger partial charge in [0.05, 0.1) is 24.4 Å². The van der Waals surface area contributed by atoms with Crippen molar-refractivity contribution in [1.82, 2.24) is 19.6 Å². The second-order valence-electron chi connectivity index (χ2n) is 8.30. The molecule has 0 saturated heterocycles. The van der Waals surface area contributed by atoms with E-state index >= 15 is 0 Å². The fourth-order valence-electron chi connectivity index (χ4n) is 4.24. The number of pyridine rings is 1. The number of halogens is 3. The molecule has 1 aliphatic carbocycles. The monoisotopic (exact) mass is 449 g/mol. The van der Waals surface area contributed by atoms with Crippen LogP contribution < -0.4 is 5.32 Å². The number of nitrogens with zero attached hydrogens (tertiary/aromatic N) is 4. The summed E-state index contributed by atoms with van der Waals surface area (Å²) >= 11 is 0. The average molecular weight is 449 g/mol. The second-order valence-corrected chi connectivity index (χ2v) is 8.30. The maximum Gasteiger partial charge on any atom is 0.433 e. The zero-order valence-corrected chi connectivity index (χ0v) is 17.9. The highest BCUT2D eigenvalue weighted by Crippen LogP contribution is 2.38. The van der Waals surface area contributed by atoms with Gasteiger partial charge in [-0.2, -0.15) is 13.2 Å². The van der Waals surface area contributed by atoms with Gasteiger partial charge in [-0.1, -0.05) is 0 Å². The predicted molar refractivity (Wildman–Crippen MR) is 113 cm³/mol. The molecule has 0 aromatic carbocycles. The molecule has 1 aliphatic rings. The van der Waals surface area contributed by atoms with Gasteiger partial charge in [-0.15, -0.1) is 5.10 Å². The molecular weight excluding hydrogens is 423 g/mol. The van der Waals surface area contributed by atoms with Crippen molar-refractivity contribution in [1.29, 1.82) is 0 Å². The number of aromatic nitrogens is 4. The molecule has 0 amide bonds. The number of nitrogens with one attached hydrogen (secondary N) is 1. The van der Waals surface area contributed by atoms with Crippen molar-refractivity contribution in [2.75, 3.05) is 19.0 Å². The van der Waals surface area contributed by atoms with Crippen molar-refractivity contribution in [2.24, 2.45) is 0 Å². The minimum atomic E-state index is -4.53. The van der Waals surface area contributed by atoms with Crippen molar-refractivity contribution in [3.63, 3.8) is 0 Å². The first-order chi connectivity index (χ1) is 15.3. The maximum atomic E-state index is 13.2. The average Bonchev–Trinajstić information content (AvgIpc) is 3.13. The van der Waals surface area contributed by atoms with Gasteiger partial charge in [0.2, 0.25) is 5.95 Å². The van der Waals surface area contributed by atoms with Gasteiger partial charge < -0.3 is 15.2 Å². The number of aliphatic hydroxyl groups excluding tert-OH is 1. The molecule has 0 radical (unpaired) electrons. The van der Waals surface area contributed by atoms with Gasteiger partial charge in [-0.25, -0.2) is 9.50 Å². The van der Waals surface area contributed by atoms with Crippen LogP contribution in [0.2, 0.25) is 0 Å². The van der Waals surface area contributed by atoms with Gasteiger partial charge in [-0.3, -0.25) is 4.98 Å². The quantitative estimate of drug-likeness (QED) is 0.585. The number of hydrogen-bond donors (Lipinski definition) is 2. The van der Waals surface area contributed by atoms with E-state index in [0.717, 1.165) is 24.6 Å². The summed E-state index contributed by atoms with van der Waals surface area (Å²) in [6, 6.07) is 4.49. The molecule has 10 heteroatoms. The number of alkyl halides is 3. The van der Waals surface area contributed by atoms with E-state index in [1.807, 2.05) is 13.0 Å². The maximum absolute atomic E-state index is 13.2. The van der Waals surface area contributed by atoms with Gasteiger partial charge in [-0.05, 0) is 56.4 Å². The molecule has 3 heterocycles. The molecule has 3 aromatic heterocycles. The Balaban J connectivity index is 1.80. The lowest BCUT2D eigenvalue weighted by molar-refractivity contribution is -0.141. The number of anilines is 1. The largest absolute Gasteiger partial charge is 0.433 e. The van der Waals surface area contributed by atoms with Crippen LogP contribution in [0.5, 0.6) is 0 Å². The SMILES string of the molecule is COC[C@H](C)Nc1ncc2c(-c3ccnc(C(F)(F)F)c3)cc(C3CCC(O)CC3)n2n1. The zero-order valence-electron chi connectivity index (χ0n) is 17.9. The van der Waals surface area contributed by atoms with E-state index < -0.39 is 11.9 Å². The first-order valence-corrected chi connectivity index (χ1v) is 10.6. The minimum Gasteiger partial charge on any atom is -0.393 e. The molecule has 0 spiro atoms. The summed E-state index contributed by atoms with van der Waals surface area (Å²) in [5, 5.41) is 17.7. The van der Waals surface area contributed by atoms with E-state index in [2.05, 4.69) is 20.4 Å². The van der Waals surface area contributed by atoms with Crippen LogP contribution in [0.3, 0.4) is 0 Å². The number of ether oxygens (including phenoxy) is 1. The van der Waals surface area contributed by atoms with Crippen molar-refractivity contribution < 1.29 is 23.0 Å². The number of methoxy groups -OCH3 is 1. The first kappa shape index (κ1) is 22.5. The van der Waals surface area contributed by atoms with Crippen molar-refractivity contribution in [3.05, 3.63) is 42.0 Å². The van der Waals surface area contributed by atoms with Crippen LogP contribution in [0.1, 0.15) is 49.9 Å². The number of aliphatic hydroxyl groups is 1. The van der Waals surface area contributed by atoms with Gasteiger partial charge in [0.15, 0.2) is 0 Å². The van der Waals surface area contributed by atoms with Crippen LogP contribution in [0.4, 0.5) is 19.1 Å². The van der Waals surface area contributed by atoms with E-state index in [0.29, 0.717) is 42.0 Å². The Hall–Kier alpha value is -2.72. The predicted octanol–water partition coefficient (Wildman–Crippen LogP) is 4.28. The minimum absolute atomic E-state index is 0.0182. The van der Waals surface area contributed by atoms with Crippen molar-refractivity contribution in [3.8, 4) is 11.1 Å². The molecule has 0 unspecified atom stereocenters. The topological polar surface area (TPSA) is 84.6 Å². The standard InChI is InChI=1S/C22H26F3N5O2/c1-13(12-32-2)28-21-27-11-19-17(15-7-8-26-20(9-15)22(23,24)25)10-18(30(19)29-21)14-3-5-16(31)6-4-14/h7-11,13-14,16,31H,3-6,12H2,1-2H3,(H,28,29)/t13-,14?,16?/m0/s1. The van der Waals surface area contributed by atoms with Crippen LogP contribution >= 0.6 is 0 Å². The summed E-state index contributed by atoms with van der Waals surface area (Å²) in [4.78, 5) is 7.85. The van der Waals surface area contributed by atoms with Crippen LogP contribution in [0.15, 0.2) is 30.6 Å². The second kappa shape index (κ2) is 9.03. The Morgan fingerprint density at radius 1 is 1.22 bits per heavy atom.